The second-order valence-electron chi connectivity index (χ2n) is 17.0. The Morgan fingerprint density at radius 1 is 0.627 bits per heavy atom. The molecule has 0 radical (unpaired) electrons. The average molecular weight is 722 g/mol. The molecule has 1 fully saturated rings. The summed E-state index contributed by atoms with van der Waals surface area (Å²) in [4.78, 5) is 27.7. The molecule has 0 aromatic heterocycles. The Morgan fingerprint density at radius 2 is 1.16 bits per heavy atom. The molecule has 6 nitrogen and oxygen atoms in total. The zero-order chi connectivity index (χ0) is 37.5. The lowest BCUT2D eigenvalue weighted by Gasteiger charge is -2.23. The zero-order valence-corrected chi connectivity index (χ0v) is 34.9. The summed E-state index contributed by atoms with van der Waals surface area (Å²) in [6.07, 6.45) is 34.0. The van der Waals surface area contributed by atoms with Crippen LogP contribution in [0.1, 0.15) is 221 Å². The molecule has 0 aromatic carbocycles. The van der Waals surface area contributed by atoms with Crippen molar-refractivity contribution in [2.75, 3.05) is 39.5 Å². The molecule has 0 bridgehead atoms. The van der Waals surface area contributed by atoms with Crippen molar-refractivity contribution in [2.24, 2.45) is 16.7 Å². The lowest BCUT2D eigenvalue weighted by atomic mass is 9.87. The minimum atomic E-state index is -0.404. The van der Waals surface area contributed by atoms with Crippen molar-refractivity contribution in [3.63, 3.8) is 0 Å². The fraction of sp³-hybridized carbons (Fsp3) is 0.956. The van der Waals surface area contributed by atoms with Crippen molar-refractivity contribution in [3.05, 3.63) is 0 Å². The number of hydrogen-bond acceptors (Lipinski definition) is 6. The lowest BCUT2D eigenvalue weighted by molar-refractivity contribution is -0.154. The van der Waals surface area contributed by atoms with Crippen LogP contribution in [0.5, 0.6) is 0 Å². The molecule has 0 saturated heterocycles. The van der Waals surface area contributed by atoms with E-state index in [0.29, 0.717) is 25.0 Å². The van der Waals surface area contributed by atoms with Crippen LogP contribution < -0.4 is 0 Å². The Balaban J connectivity index is 2.17. The summed E-state index contributed by atoms with van der Waals surface area (Å²) in [5.41, 5.74) is -0.0204. The Labute approximate surface area is 317 Å². The van der Waals surface area contributed by atoms with Crippen LogP contribution in [0.15, 0.2) is 0 Å². The van der Waals surface area contributed by atoms with Crippen molar-refractivity contribution in [1.82, 2.24) is 4.90 Å². The largest absolute Gasteiger partial charge is 0.466 e. The van der Waals surface area contributed by atoms with Gasteiger partial charge in [0.1, 0.15) is 0 Å². The number of carbonyl (C=O) groups excluding carboxylic acids is 2. The first-order valence-corrected chi connectivity index (χ1v) is 22.4. The maximum absolute atomic E-state index is 12.7. The van der Waals surface area contributed by atoms with Crippen LogP contribution in [-0.2, 0) is 19.1 Å². The maximum atomic E-state index is 12.7. The molecule has 6 heteroatoms. The number of aliphatic hydroxyl groups is 1. The van der Waals surface area contributed by atoms with Crippen molar-refractivity contribution in [3.8, 4) is 0 Å². The van der Waals surface area contributed by atoms with Crippen LogP contribution in [-0.4, -0.2) is 61.4 Å². The summed E-state index contributed by atoms with van der Waals surface area (Å²) in [5.74, 6) is 0.826. The highest BCUT2D eigenvalue weighted by Gasteiger charge is 2.41. The molecule has 1 saturated carbocycles. The molecule has 0 aliphatic heterocycles. The Morgan fingerprint density at radius 3 is 1.80 bits per heavy atom. The van der Waals surface area contributed by atoms with Gasteiger partial charge in [-0.3, -0.25) is 9.59 Å². The van der Waals surface area contributed by atoms with E-state index < -0.39 is 5.41 Å². The van der Waals surface area contributed by atoms with Crippen molar-refractivity contribution >= 4 is 11.9 Å². The number of esters is 2. The molecule has 1 rings (SSSR count). The zero-order valence-electron chi connectivity index (χ0n) is 34.9. The number of carbonyl (C=O) groups is 2. The SMILES string of the molecule is CCCCCCCCCOC(=O)C(C)(C)CCCCCCN(CCCO)CCCCC1(CCC(=O)OCCCCC(CCCC)CCCC)CC1. The van der Waals surface area contributed by atoms with Gasteiger partial charge in [0.2, 0.25) is 0 Å². The highest BCUT2D eigenvalue weighted by atomic mass is 16.5. The van der Waals surface area contributed by atoms with Gasteiger partial charge in [-0.15, -0.1) is 0 Å². The number of unbranched alkanes of at least 4 members (excludes halogenated alkanes) is 13. The van der Waals surface area contributed by atoms with Gasteiger partial charge in [-0.1, -0.05) is 130 Å². The van der Waals surface area contributed by atoms with Crippen molar-refractivity contribution in [2.45, 2.75) is 221 Å². The van der Waals surface area contributed by atoms with Gasteiger partial charge >= 0.3 is 11.9 Å². The van der Waals surface area contributed by atoms with Crippen molar-refractivity contribution < 1.29 is 24.2 Å². The number of hydrogen-bond donors (Lipinski definition) is 1. The molecule has 0 unspecified atom stereocenters. The molecule has 1 aliphatic rings. The predicted molar refractivity (Wildman–Crippen MR) is 216 cm³/mol. The molecule has 51 heavy (non-hydrogen) atoms. The Bertz CT molecular complexity index is 817. The fourth-order valence-electron chi connectivity index (χ4n) is 7.62. The summed E-state index contributed by atoms with van der Waals surface area (Å²) < 4.78 is 11.3. The first kappa shape index (κ1) is 47.9. The quantitative estimate of drug-likeness (QED) is 0.0505. The van der Waals surface area contributed by atoms with Crippen LogP contribution in [0.3, 0.4) is 0 Å². The van der Waals surface area contributed by atoms with Gasteiger partial charge in [0.25, 0.3) is 0 Å². The van der Waals surface area contributed by atoms with Gasteiger partial charge < -0.3 is 19.5 Å². The van der Waals surface area contributed by atoms with E-state index in [1.165, 1.54) is 128 Å². The molecule has 302 valence electrons. The summed E-state index contributed by atoms with van der Waals surface area (Å²) >= 11 is 0. The molecule has 0 aromatic rings. The van der Waals surface area contributed by atoms with Crippen molar-refractivity contribution in [1.29, 1.82) is 0 Å². The molecular weight excluding hydrogens is 634 g/mol. The number of rotatable bonds is 38. The summed E-state index contributed by atoms with van der Waals surface area (Å²) in [6, 6.07) is 0. The molecule has 0 spiro atoms. The van der Waals surface area contributed by atoms with Gasteiger partial charge in [-0.05, 0) is 109 Å². The first-order chi connectivity index (χ1) is 24.7. The van der Waals surface area contributed by atoms with E-state index in [2.05, 4.69) is 25.7 Å². The third-order valence-corrected chi connectivity index (χ3v) is 11.6. The van der Waals surface area contributed by atoms with E-state index >= 15 is 0 Å². The van der Waals surface area contributed by atoms with Crippen LogP contribution >= 0.6 is 0 Å². The van der Waals surface area contributed by atoms with E-state index in [9.17, 15) is 14.7 Å². The van der Waals surface area contributed by atoms with Gasteiger partial charge in [0, 0.05) is 19.6 Å². The second-order valence-corrected chi connectivity index (χ2v) is 17.0. The highest BCUT2D eigenvalue weighted by molar-refractivity contribution is 5.75. The van der Waals surface area contributed by atoms with Gasteiger partial charge in [-0.25, -0.2) is 0 Å². The predicted octanol–water partition coefficient (Wildman–Crippen LogP) is 12.4. The molecule has 1 aliphatic carbocycles. The van der Waals surface area contributed by atoms with E-state index in [1.807, 2.05) is 13.8 Å². The third-order valence-electron chi connectivity index (χ3n) is 11.6. The van der Waals surface area contributed by atoms with Crippen LogP contribution in [0.4, 0.5) is 0 Å². The topological polar surface area (TPSA) is 76.1 Å². The molecule has 0 atom stereocenters. The maximum Gasteiger partial charge on any atom is 0.311 e. The standard InChI is InChI=1S/C45H87NO5/c1-6-9-12-13-14-17-23-40-51-43(49)44(4,5)30-19-15-16-21-35-46(37-25-38-47)36-22-20-31-45(33-34-45)32-29-42(48)50-39-24-18-28-41(26-10-7-2)27-11-8-3/h41,47H,6-40H2,1-5H3. The van der Waals surface area contributed by atoms with Crippen LogP contribution in [0.2, 0.25) is 0 Å². The normalized spacial score (nSPS) is 14.0. The summed E-state index contributed by atoms with van der Waals surface area (Å²) in [7, 11) is 0. The lowest BCUT2D eigenvalue weighted by Crippen LogP contribution is -2.28. The smallest absolute Gasteiger partial charge is 0.311 e. The van der Waals surface area contributed by atoms with E-state index in [-0.39, 0.29) is 18.5 Å². The molecule has 0 heterocycles. The molecule has 1 N–H and O–H groups in total. The van der Waals surface area contributed by atoms with E-state index in [0.717, 1.165) is 76.9 Å². The number of ether oxygens (including phenoxy) is 2. The monoisotopic (exact) mass is 722 g/mol. The van der Waals surface area contributed by atoms with Gasteiger partial charge in [0.15, 0.2) is 0 Å². The second kappa shape index (κ2) is 31.2. The average Bonchev–Trinajstić information content (AvgIpc) is 3.90. The number of aliphatic hydroxyl groups excluding tert-OH is 1. The molecule has 0 amide bonds. The fourth-order valence-corrected chi connectivity index (χ4v) is 7.62. The summed E-state index contributed by atoms with van der Waals surface area (Å²) in [5, 5.41) is 9.45. The van der Waals surface area contributed by atoms with Crippen LogP contribution in [0, 0.1) is 16.7 Å². The minimum absolute atomic E-state index is 0.00673. The van der Waals surface area contributed by atoms with Gasteiger partial charge in [0.05, 0.1) is 18.6 Å². The minimum Gasteiger partial charge on any atom is -0.466 e. The third kappa shape index (κ3) is 26.3. The van der Waals surface area contributed by atoms with Crippen LogP contribution in [0.25, 0.3) is 0 Å². The highest BCUT2D eigenvalue weighted by Crippen LogP contribution is 2.53. The van der Waals surface area contributed by atoms with E-state index in [4.69, 9.17) is 9.47 Å². The molecular formula is C45H87NO5. The van der Waals surface area contributed by atoms with Gasteiger partial charge in [-0.2, -0.15) is 0 Å². The van der Waals surface area contributed by atoms with E-state index in [1.54, 1.807) is 0 Å². The summed E-state index contributed by atoms with van der Waals surface area (Å²) in [6.45, 7) is 15.4. The Hall–Kier alpha value is -1.14. The Kier molecular flexibility index (Phi) is 29.3. The number of nitrogens with zero attached hydrogens (tertiary/aromatic N) is 1. The first-order valence-electron chi connectivity index (χ1n) is 22.4.